The zero-order valence-corrected chi connectivity index (χ0v) is 22.9. The maximum absolute atomic E-state index is 13.7. The molecule has 7 heteroatoms. The molecule has 3 aromatic carbocycles. The van der Waals surface area contributed by atoms with E-state index >= 15 is 0 Å². The molecule has 0 aliphatic rings. The van der Waals surface area contributed by atoms with Crippen molar-refractivity contribution in [2.24, 2.45) is 5.92 Å². The molecule has 4 rings (SSSR count). The van der Waals surface area contributed by atoms with E-state index < -0.39 is 10.0 Å². The Balaban J connectivity index is 1.77. The summed E-state index contributed by atoms with van der Waals surface area (Å²) in [5.74, 6) is 1.13. The van der Waals surface area contributed by atoms with Crippen LogP contribution in [0.25, 0.3) is 16.8 Å². The lowest BCUT2D eigenvalue weighted by atomic mass is 10.1. The van der Waals surface area contributed by atoms with Crippen LogP contribution >= 0.6 is 22.6 Å². The van der Waals surface area contributed by atoms with E-state index in [1.807, 2.05) is 84.7 Å². The highest BCUT2D eigenvalue weighted by Crippen LogP contribution is 2.37. The Hall–Kier alpha value is -2.78. The van der Waals surface area contributed by atoms with Gasteiger partial charge in [-0.1, -0.05) is 85.0 Å². The molecule has 35 heavy (non-hydrogen) atoms. The highest BCUT2D eigenvalue weighted by molar-refractivity contribution is 14.1. The smallest absolute Gasteiger partial charge is 0.297 e. The lowest BCUT2D eigenvalue weighted by Gasteiger charge is -2.27. The minimum atomic E-state index is -3.94. The van der Waals surface area contributed by atoms with Crippen LogP contribution in [0.15, 0.2) is 86.4 Å². The predicted molar refractivity (Wildman–Crippen MR) is 151 cm³/mol. The average Bonchev–Trinajstić information content (AvgIpc) is 3.29. The molecule has 0 atom stereocenters. The van der Waals surface area contributed by atoms with Crippen molar-refractivity contribution >= 4 is 55.2 Å². The molecule has 0 fully saturated rings. The molecule has 0 unspecified atom stereocenters. The molecule has 0 saturated heterocycles. The SMILES string of the molecule is Cc1ccc(S(=O)(=O)N(CC(C)C)c2cc3ccccc3cc2OCc2ccc(/C=C/I)cc2)o1. The third-order valence-corrected chi connectivity index (χ3v) is 7.53. The van der Waals surface area contributed by atoms with Gasteiger partial charge in [-0.15, -0.1) is 0 Å². The van der Waals surface area contributed by atoms with Crippen molar-refractivity contribution in [3.8, 4) is 5.75 Å². The maximum Gasteiger partial charge on any atom is 0.297 e. The minimum absolute atomic E-state index is 0.0753. The first-order valence-electron chi connectivity index (χ1n) is 11.4. The summed E-state index contributed by atoms with van der Waals surface area (Å²) >= 11 is 2.19. The number of hydrogen-bond acceptors (Lipinski definition) is 4. The van der Waals surface area contributed by atoms with Gasteiger partial charge in [-0.05, 0) is 69.2 Å². The van der Waals surface area contributed by atoms with E-state index in [4.69, 9.17) is 9.15 Å². The van der Waals surface area contributed by atoms with Gasteiger partial charge in [0.15, 0.2) is 0 Å². The molecule has 1 heterocycles. The van der Waals surface area contributed by atoms with E-state index in [2.05, 4.69) is 22.6 Å². The van der Waals surface area contributed by atoms with Gasteiger partial charge >= 0.3 is 0 Å². The number of sulfonamides is 1. The van der Waals surface area contributed by atoms with Crippen LogP contribution in [0, 0.1) is 12.8 Å². The van der Waals surface area contributed by atoms with E-state index in [0.717, 1.165) is 21.9 Å². The van der Waals surface area contributed by atoms with Gasteiger partial charge < -0.3 is 9.15 Å². The number of furan rings is 1. The summed E-state index contributed by atoms with van der Waals surface area (Å²) in [6.07, 6.45) is 2.03. The molecule has 0 radical (unpaired) electrons. The van der Waals surface area contributed by atoms with E-state index in [1.165, 1.54) is 10.4 Å². The van der Waals surface area contributed by atoms with Gasteiger partial charge in [-0.2, -0.15) is 8.42 Å². The molecule has 0 aliphatic heterocycles. The quantitative estimate of drug-likeness (QED) is 0.186. The van der Waals surface area contributed by atoms with Gasteiger partial charge in [-0.3, -0.25) is 4.31 Å². The van der Waals surface area contributed by atoms with Gasteiger partial charge in [0, 0.05) is 6.54 Å². The lowest BCUT2D eigenvalue weighted by Crippen LogP contribution is -2.34. The molecule has 5 nitrogen and oxygen atoms in total. The molecule has 0 N–H and O–H groups in total. The van der Waals surface area contributed by atoms with Crippen LogP contribution in [0.1, 0.15) is 30.7 Å². The summed E-state index contributed by atoms with van der Waals surface area (Å²) in [4.78, 5) is 0. The normalized spacial score (nSPS) is 12.0. The molecule has 0 spiro atoms. The van der Waals surface area contributed by atoms with E-state index in [0.29, 0.717) is 23.8 Å². The number of anilines is 1. The van der Waals surface area contributed by atoms with Gasteiger partial charge in [-0.25, -0.2) is 0 Å². The number of rotatable bonds is 9. The summed E-state index contributed by atoms with van der Waals surface area (Å²) in [6, 6.07) is 22.9. The van der Waals surface area contributed by atoms with Crippen molar-refractivity contribution in [2.75, 3.05) is 10.8 Å². The second-order valence-corrected chi connectivity index (χ2v) is 11.3. The van der Waals surface area contributed by atoms with E-state index in [-0.39, 0.29) is 17.6 Å². The number of fused-ring (bicyclic) bond motifs is 1. The fourth-order valence-corrected chi connectivity index (χ4v) is 5.80. The highest BCUT2D eigenvalue weighted by Gasteiger charge is 2.31. The van der Waals surface area contributed by atoms with Crippen molar-refractivity contribution in [3.63, 3.8) is 0 Å². The van der Waals surface area contributed by atoms with Gasteiger partial charge in [0.25, 0.3) is 10.0 Å². The number of aryl methyl sites for hydroxylation is 1. The summed E-state index contributed by atoms with van der Waals surface area (Å²) < 4.78 is 42.6. The number of nitrogens with zero attached hydrogens (tertiary/aromatic N) is 1. The third kappa shape index (κ3) is 5.90. The summed E-state index contributed by atoms with van der Waals surface area (Å²) in [5, 5.41) is 1.84. The Bertz CT molecular complexity index is 1440. The predicted octanol–water partition coefficient (Wildman–Crippen LogP) is 7.58. The highest BCUT2D eigenvalue weighted by atomic mass is 127. The van der Waals surface area contributed by atoms with Gasteiger partial charge in [0.1, 0.15) is 18.1 Å². The second-order valence-electron chi connectivity index (χ2n) is 8.79. The van der Waals surface area contributed by atoms with Gasteiger partial charge in [0.2, 0.25) is 5.09 Å². The van der Waals surface area contributed by atoms with Crippen molar-refractivity contribution < 1.29 is 17.6 Å². The number of hydrogen-bond donors (Lipinski definition) is 0. The van der Waals surface area contributed by atoms with Crippen molar-refractivity contribution in [1.82, 2.24) is 0 Å². The zero-order chi connectivity index (χ0) is 25.0. The lowest BCUT2D eigenvalue weighted by molar-refractivity contribution is 0.307. The maximum atomic E-state index is 13.7. The summed E-state index contributed by atoms with van der Waals surface area (Å²) in [5.41, 5.74) is 2.60. The second kappa shape index (κ2) is 10.9. The Kier molecular flexibility index (Phi) is 7.86. The van der Waals surface area contributed by atoms with Crippen LogP contribution in [0.3, 0.4) is 0 Å². The first-order valence-corrected chi connectivity index (χ1v) is 14.1. The van der Waals surface area contributed by atoms with Crippen LogP contribution in [0.5, 0.6) is 5.75 Å². The molecule has 182 valence electrons. The van der Waals surface area contributed by atoms with E-state index in [9.17, 15) is 8.42 Å². The Morgan fingerprint density at radius 1 is 1.00 bits per heavy atom. The molecule has 1 aromatic heterocycles. The number of benzene rings is 3. The van der Waals surface area contributed by atoms with Crippen molar-refractivity contribution in [3.05, 3.63) is 93.8 Å². The number of halogens is 1. The number of ether oxygens (including phenoxy) is 1. The molecule has 0 saturated carbocycles. The minimum Gasteiger partial charge on any atom is -0.487 e. The molecular formula is C28H28INO4S. The Morgan fingerprint density at radius 3 is 2.29 bits per heavy atom. The first kappa shape index (κ1) is 25.3. The van der Waals surface area contributed by atoms with Crippen molar-refractivity contribution in [1.29, 1.82) is 0 Å². The van der Waals surface area contributed by atoms with E-state index in [1.54, 1.807) is 13.0 Å². The standard InChI is InChI=1S/C28H28INO4S/c1-20(2)18-30(35(31,32)28-13-8-21(3)34-28)26-16-24-6-4-5-7-25(24)17-27(26)33-19-23-11-9-22(10-12-23)14-15-29/h4-17,20H,18-19H2,1-3H3/b15-14+. The van der Waals surface area contributed by atoms with Crippen LogP contribution in [0.4, 0.5) is 5.69 Å². The molecule has 0 bridgehead atoms. The Labute approximate surface area is 220 Å². The monoisotopic (exact) mass is 601 g/mol. The third-order valence-electron chi connectivity index (χ3n) is 5.52. The topological polar surface area (TPSA) is 59.8 Å². The van der Waals surface area contributed by atoms with Crippen LogP contribution < -0.4 is 9.04 Å². The fourth-order valence-electron chi connectivity index (χ4n) is 3.79. The Morgan fingerprint density at radius 2 is 1.69 bits per heavy atom. The zero-order valence-electron chi connectivity index (χ0n) is 19.9. The average molecular weight is 602 g/mol. The fraction of sp³-hybridized carbons (Fsp3) is 0.214. The van der Waals surface area contributed by atoms with Crippen molar-refractivity contribution in [2.45, 2.75) is 32.5 Å². The molecule has 0 amide bonds. The van der Waals surface area contributed by atoms with Crippen LogP contribution in [0.2, 0.25) is 0 Å². The first-order chi connectivity index (χ1) is 16.8. The molecular weight excluding hydrogens is 573 g/mol. The summed E-state index contributed by atoms with van der Waals surface area (Å²) in [7, 11) is -3.94. The van der Waals surface area contributed by atoms with Crippen LogP contribution in [-0.2, 0) is 16.6 Å². The van der Waals surface area contributed by atoms with Gasteiger partial charge in [0.05, 0.1) is 5.69 Å². The summed E-state index contributed by atoms with van der Waals surface area (Å²) in [6.45, 7) is 6.31. The largest absolute Gasteiger partial charge is 0.487 e. The molecule has 0 aliphatic carbocycles. The van der Waals surface area contributed by atoms with Crippen LogP contribution in [-0.4, -0.2) is 15.0 Å². The molecule has 4 aromatic rings.